The Bertz CT molecular complexity index is 1250. The van der Waals surface area contributed by atoms with E-state index >= 15 is 0 Å². The minimum atomic E-state index is -0.333. The minimum Gasteiger partial charge on any atom is -0.453 e. The summed E-state index contributed by atoms with van der Waals surface area (Å²) in [7, 11) is 1.45. The van der Waals surface area contributed by atoms with E-state index in [1.54, 1.807) is 0 Å². The quantitative estimate of drug-likeness (QED) is 0.205. The smallest absolute Gasteiger partial charge is 0.407 e. The average Bonchev–Trinajstić information content (AvgIpc) is 2.94. The van der Waals surface area contributed by atoms with Crippen molar-refractivity contribution in [1.29, 1.82) is 0 Å². The van der Waals surface area contributed by atoms with Crippen LogP contribution in [0, 0.1) is 5.92 Å². The van der Waals surface area contributed by atoms with Crippen molar-refractivity contribution < 1.29 is 9.53 Å². The van der Waals surface area contributed by atoms with Gasteiger partial charge in [0.15, 0.2) is 0 Å². The number of hydrogen-bond acceptors (Lipinski definition) is 5. The number of carbonyl (C=O) groups excluding carboxylic acids is 1. The molecule has 3 aliphatic rings. The Morgan fingerprint density at radius 2 is 1.88 bits per heavy atom. The van der Waals surface area contributed by atoms with Crippen molar-refractivity contribution in [3.8, 4) is 0 Å². The largest absolute Gasteiger partial charge is 0.453 e. The van der Waals surface area contributed by atoms with Gasteiger partial charge in [-0.2, -0.15) is 0 Å². The zero-order valence-corrected chi connectivity index (χ0v) is 24.8. The number of benzene rings is 1. The lowest BCUT2D eigenvalue weighted by molar-refractivity contribution is 0.145. The number of methoxy groups -OCH3 is 1. The van der Waals surface area contributed by atoms with E-state index in [1.165, 1.54) is 85.5 Å². The summed E-state index contributed by atoms with van der Waals surface area (Å²) in [6.07, 6.45) is 18.1. The van der Waals surface area contributed by atoms with Gasteiger partial charge in [0.25, 0.3) is 0 Å². The van der Waals surface area contributed by atoms with E-state index < -0.39 is 0 Å². The Kier molecular flexibility index (Phi) is 9.46. The van der Waals surface area contributed by atoms with Crippen LogP contribution in [-0.4, -0.2) is 42.9 Å². The van der Waals surface area contributed by atoms with Gasteiger partial charge in [-0.05, 0) is 95.4 Å². The van der Waals surface area contributed by atoms with Gasteiger partial charge in [0.1, 0.15) is 0 Å². The van der Waals surface area contributed by atoms with E-state index in [-0.39, 0.29) is 11.6 Å². The van der Waals surface area contributed by atoms with Gasteiger partial charge in [-0.3, -0.25) is 4.98 Å². The fraction of sp³-hybridized carbons (Fsp3) is 0.588. The molecule has 1 aromatic heterocycles. The van der Waals surface area contributed by atoms with Gasteiger partial charge >= 0.3 is 6.09 Å². The summed E-state index contributed by atoms with van der Waals surface area (Å²) in [4.78, 5) is 17.2. The number of aromatic nitrogens is 1. The molecule has 0 spiro atoms. The second kappa shape index (κ2) is 13.2. The Hall–Kier alpha value is -2.86. The summed E-state index contributed by atoms with van der Waals surface area (Å²) in [5, 5.41) is 12.1. The van der Waals surface area contributed by atoms with Crippen LogP contribution in [0.4, 0.5) is 10.5 Å². The number of pyridine rings is 1. The molecule has 0 saturated heterocycles. The van der Waals surface area contributed by atoms with Gasteiger partial charge in [-0.15, -0.1) is 0 Å². The summed E-state index contributed by atoms with van der Waals surface area (Å²) < 4.78 is 5.00. The Balaban J connectivity index is 1.04. The number of alkyl carbamates (subject to hydrolysis) is 1. The van der Waals surface area contributed by atoms with Crippen LogP contribution < -0.4 is 16.0 Å². The molecular weight excluding hydrogens is 496 g/mol. The van der Waals surface area contributed by atoms with E-state index in [1.807, 2.05) is 0 Å². The highest BCUT2D eigenvalue weighted by Crippen LogP contribution is 2.46. The number of aryl methyl sites for hydroxylation is 1. The Labute approximate surface area is 240 Å². The zero-order valence-electron chi connectivity index (χ0n) is 24.8. The molecule has 2 aromatic rings. The first-order valence-corrected chi connectivity index (χ1v) is 15.6. The number of allylic oxidation sites excluding steroid dienone is 2. The summed E-state index contributed by atoms with van der Waals surface area (Å²) in [5.41, 5.74) is 7.60. The van der Waals surface area contributed by atoms with Gasteiger partial charge in [0.05, 0.1) is 18.2 Å². The maximum absolute atomic E-state index is 12.3. The van der Waals surface area contributed by atoms with Gasteiger partial charge in [0.2, 0.25) is 0 Å². The second-order valence-electron chi connectivity index (χ2n) is 12.2. The number of amides is 1. The molecule has 6 heteroatoms. The number of carbonyl (C=O) groups is 1. The molecular formula is C34H48N4O2. The van der Waals surface area contributed by atoms with E-state index in [4.69, 9.17) is 9.72 Å². The molecule has 3 aliphatic carbocycles. The molecule has 1 fully saturated rings. The topological polar surface area (TPSA) is 75.3 Å². The number of para-hydroxylation sites is 1. The molecule has 5 rings (SSSR count). The predicted octanol–water partition coefficient (Wildman–Crippen LogP) is 7.24. The standard InChI is InChI=1S/C34H48N4O2/c1-4-29-25-20-24(2)22-34(29,38-33(39)40-3)23-26(21-25)35-18-12-6-5-7-13-19-36-32-27-14-8-10-16-30(27)37-31-17-11-9-15-28(31)32/h4,8,10,14,16,20,25-26,35H,5-7,9,11-13,15,17-19,21-23H2,1-3H3,(H,36,37)(H,38,39)/t25-,26-,34-/m0/s1. The van der Waals surface area contributed by atoms with Crippen LogP contribution in [0.1, 0.15) is 89.3 Å². The highest BCUT2D eigenvalue weighted by molar-refractivity contribution is 5.93. The van der Waals surface area contributed by atoms with E-state index in [0.717, 1.165) is 50.7 Å². The van der Waals surface area contributed by atoms with Crippen LogP contribution in [-0.2, 0) is 17.6 Å². The van der Waals surface area contributed by atoms with Crippen molar-refractivity contribution in [3.63, 3.8) is 0 Å². The zero-order chi connectivity index (χ0) is 28.0. The normalized spacial score (nSPS) is 24.9. The van der Waals surface area contributed by atoms with E-state index in [2.05, 4.69) is 66.2 Å². The van der Waals surface area contributed by atoms with Gasteiger partial charge < -0.3 is 20.7 Å². The number of nitrogens with zero attached hydrogens (tertiary/aromatic N) is 1. The third kappa shape index (κ3) is 6.38. The summed E-state index contributed by atoms with van der Waals surface area (Å²) >= 11 is 0. The number of unbranched alkanes of at least 4 members (excludes halogenated alkanes) is 4. The van der Waals surface area contributed by atoms with Crippen LogP contribution >= 0.6 is 0 Å². The fourth-order valence-electron chi connectivity index (χ4n) is 7.55. The molecule has 1 aromatic carbocycles. The Morgan fingerprint density at radius 3 is 2.70 bits per heavy atom. The number of rotatable bonds is 11. The van der Waals surface area contributed by atoms with E-state index in [0.29, 0.717) is 12.0 Å². The first-order chi connectivity index (χ1) is 19.5. The lowest BCUT2D eigenvalue weighted by atomic mass is 9.63. The van der Waals surface area contributed by atoms with Crippen molar-refractivity contribution in [2.45, 2.75) is 102 Å². The lowest BCUT2D eigenvalue weighted by Crippen LogP contribution is -2.59. The first kappa shape index (κ1) is 28.7. The van der Waals surface area contributed by atoms with Gasteiger partial charge in [-0.1, -0.05) is 55.2 Å². The molecule has 6 nitrogen and oxygen atoms in total. The first-order valence-electron chi connectivity index (χ1n) is 15.6. The molecule has 1 saturated carbocycles. The van der Waals surface area contributed by atoms with Gasteiger partial charge in [0, 0.05) is 35.3 Å². The van der Waals surface area contributed by atoms with Crippen molar-refractivity contribution in [3.05, 3.63) is 58.8 Å². The maximum atomic E-state index is 12.3. The maximum Gasteiger partial charge on any atom is 0.407 e. The van der Waals surface area contributed by atoms with Crippen LogP contribution in [0.5, 0.6) is 0 Å². The van der Waals surface area contributed by atoms with Gasteiger partial charge in [-0.25, -0.2) is 4.79 Å². The third-order valence-corrected chi connectivity index (χ3v) is 9.25. The van der Waals surface area contributed by atoms with Crippen molar-refractivity contribution in [1.82, 2.24) is 15.6 Å². The number of ether oxygens (including phenoxy) is 1. The number of anilines is 1. The number of nitrogens with one attached hydrogen (secondary N) is 3. The van der Waals surface area contributed by atoms with Crippen molar-refractivity contribution >= 4 is 22.7 Å². The average molecular weight is 545 g/mol. The molecule has 2 bridgehead atoms. The number of hydrogen-bond donors (Lipinski definition) is 3. The summed E-state index contributed by atoms with van der Waals surface area (Å²) in [6.45, 7) is 6.34. The summed E-state index contributed by atoms with van der Waals surface area (Å²) in [6, 6.07) is 9.00. The van der Waals surface area contributed by atoms with Crippen LogP contribution in [0.15, 0.2) is 47.6 Å². The van der Waals surface area contributed by atoms with E-state index in [9.17, 15) is 4.79 Å². The summed E-state index contributed by atoms with van der Waals surface area (Å²) in [5.74, 6) is 0.387. The molecule has 0 unspecified atom stereocenters. The third-order valence-electron chi connectivity index (χ3n) is 9.25. The Morgan fingerprint density at radius 1 is 1.10 bits per heavy atom. The molecule has 40 heavy (non-hydrogen) atoms. The van der Waals surface area contributed by atoms with Crippen molar-refractivity contribution in [2.75, 3.05) is 25.5 Å². The molecule has 216 valence electrons. The van der Waals surface area contributed by atoms with Crippen LogP contribution in [0.3, 0.4) is 0 Å². The molecule has 1 amide bonds. The highest BCUT2D eigenvalue weighted by Gasteiger charge is 2.47. The predicted molar refractivity (Wildman–Crippen MR) is 165 cm³/mol. The second-order valence-corrected chi connectivity index (χ2v) is 12.2. The molecule has 3 atom stereocenters. The lowest BCUT2D eigenvalue weighted by Gasteiger charge is -2.49. The van der Waals surface area contributed by atoms with Crippen LogP contribution in [0.2, 0.25) is 0 Å². The molecule has 0 aliphatic heterocycles. The molecule has 0 radical (unpaired) electrons. The number of fused-ring (bicyclic) bond motifs is 4. The van der Waals surface area contributed by atoms with Crippen molar-refractivity contribution in [2.24, 2.45) is 5.92 Å². The molecule has 3 N–H and O–H groups in total. The highest BCUT2D eigenvalue weighted by atomic mass is 16.5. The SMILES string of the molecule is CC=C1[C@H]2C=C(C)C[C@]1(NC(=O)OC)C[C@@H](NCCCCCCCNc1c3c(nc4ccccc14)CCCC3)C2. The minimum absolute atomic E-state index is 0.326. The van der Waals surface area contributed by atoms with Crippen LogP contribution in [0.25, 0.3) is 10.9 Å². The molecule has 1 heterocycles. The fourth-order valence-corrected chi connectivity index (χ4v) is 7.55. The monoisotopic (exact) mass is 544 g/mol.